The molecular formula is C33H35LiN8O4. The zero-order chi connectivity index (χ0) is 31.0. The number of nitrogens with one attached hydrogen (secondary N) is 3. The third kappa shape index (κ3) is 7.94. The minimum absolute atomic E-state index is 0. The average Bonchev–Trinajstić information content (AvgIpc) is 3.48. The van der Waals surface area contributed by atoms with Crippen molar-refractivity contribution >= 4 is 28.7 Å². The van der Waals surface area contributed by atoms with E-state index in [-0.39, 0.29) is 60.5 Å². The number of benzene rings is 2. The van der Waals surface area contributed by atoms with Gasteiger partial charge in [0.1, 0.15) is 0 Å². The SMILES string of the molecule is O=C(NC1Cc2ccccc2C1)c1nccnc1NC(=O)N1CCC(CNC=[C-]OCCn2cnc3ccccc3c2=O)CC1.[Li+]. The summed E-state index contributed by atoms with van der Waals surface area (Å²) < 4.78 is 6.95. The number of amides is 3. The molecule has 0 radical (unpaired) electrons. The van der Waals surface area contributed by atoms with Crippen LogP contribution in [0, 0.1) is 12.2 Å². The number of hydrogen-bond acceptors (Lipinski definition) is 8. The third-order valence-electron chi connectivity index (χ3n) is 8.24. The van der Waals surface area contributed by atoms with Crippen molar-refractivity contribution in [1.82, 2.24) is 35.1 Å². The Morgan fingerprint density at radius 3 is 2.48 bits per heavy atom. The van der Waals surface area contributed by atoms with Crippen LogP contribution in [0.4, 0.5) is 10.6 Å². The second-order valence-electron chi connectivity index (χ2n) is 11.2. The fourth-order valence-corrected chi connectivity index (χ4v) is 5.81. The maximum Gasteiger partial charge on any atom is 1.00 e. The first-order valence-electron chi connectivity index (χ1n) is 15.2. The van der Waals surface area contributed by atoms with Gasteiger partial charge in [0.2, 0.25) is 0 Å². The van der Waals surface area contributed by atoms with Gasteiger partial charge in [0, 0.05) is 38.1 Å². The molecule has 3 N–H and O–H groups in total. The van der Waals surface area contributed by atoms with Gasteiger partial charge in [-0.2, -0.15) is 6.20 Å². The zero-order valence-electron chi connectivity index (χ0n) is 25.8. The first-order chi connectivity index (χ1) is 22.0. The first kappa shape index (κ1) is 32.7. The number of hydrogen-bond donors (Lipinski definition) is 3. The smallest absolute Gasteiger partial charge is 0.690 e. The van der Waals surface area contributed by atoms with Crippen LogP contribution in [0.2, 0.25) is 0 Å². The first-order valence-corrected chi connectivity index (χ1v) is 15.2. The number of urea groups is 1. The minimum atomic E-state index is -0.352. The molecule has 2 aromatic carbocycles. The van der Waals surface area contributed by atoms with Gasteiger partial charge in [-0.25, -0.2) is 19.7 Å². The molecule has 1 aliphatic carbocycles. The van der Waals surface area contributed by atoms with Crippen molar-refractivity contribution < 1.29 is 33.2 Å². The second kappa shape index (κ2) is 15.6. The molecule has 232 valence electrons. The molecule has 12 nitrogen and oxygen atoms in total. The topological polar surface area (TPSA) is 143 Å². The van der Waals surface area contributed by atoms with Crippen LogP contribution in [0.1, 0.15) is 34.5 Å². The van der Waals surface area contributed by atoms with Gasteiger partial charge in [-0.05, 0) is 54.9 Å². The molecule has 3 amide bonds. The van der Waals surface area contributed by atoms with Crippen molar-refractivity contribution in [3.63, 3.8) is 0 Å². The fourth-order valence-electron chi connectivity index (χ4n) is 5.81. The molecular weight excluding hydrogens is 579 g/mol. The van der Waals surface area contributed by atoms with E-state index in [9.17, 15) is 14.4 Å². The quantitative estimate of drug-likeness (QED) is 0.0974. The average molecular weight is 615 g/mol. The number of para-hydroxylation sites is 1. The normalized spacial score (nSPS) is 14.9. The Balaban J connectivity index is 0.00000417. The Kier molecular flexibility index (Phi) is 11.1. The van der Waals surface area contributed by atoms with Crippen LogP contribution in [0.5, 0.6) is 0 Å². The Labute approximate surface area is 278 Å². The van der Waals surface area contributed by atoms with Gasteiger partial charge < -0.3 is 20.3 Å². The van der Waals surface area contributed by atoms with E-state index in [0.29, 0.717) is 36.5 Å². The third-order valence-corrected chi connectivity index (χ3v) is 8.24. The van der Waals surface area contributed by atoms with Crippen LogP contribution in [-0.4, -0.2) is 68.6 Å². The Morgan fingerprint density at radius 2 is 1.70 bits per heavy atom. The van der Waals surface area contributed by atoms with Crippen LogP contribution in [0.15, 0.2) is 78.2 Å². The summed E-state index contributed by atoms with van der Waals surface area (Å²) in [6, 6.07) is 15.1. The summed E-state index contributed by atoms with van der Waals surface area (Å²) in [4.78, 5) is 53.1. The van der Waals surface area contributed by atoms with E-state index in [2.05, 4.69) is 49.3 Å². The van der Waals surface area contributed by atoms with Crippen LogP contribution >= 0.6 is 0 Å². The Bertz CT molecular complexity index is 1730. The Morgan fingerprint density at radius 1 is 0.978 bits per heavy atom. The number of piperidine rings is 1. The van der Waals surface area contributed by atoms with Crippen molar-refractivity contribution in [2.24, 2.45) is 5.92 Å². The summed E-state index contributed by atoms with van der Waals surface area (Å²) in [5.74, 6) is 0.180. The maximum atomic E-state index is 13.1. The van der Waals surface area contributed by atoms with E-state index >= 15 is 0 Å². The van der Waals surface area contributed by atoms with E-state index in [1.807, 2.05) is 30.3 Å². The molecule has 6 rings (SSSR count). The predicted molar refractivity (Wildman–Crippen MR) is 168 cm³/mol. The van der Waals surface area contributed by atoms with Crippen LogP contribution in [-0.2, 0) is 24.1 Å². The van der Waals surface area contributed by atoms with Gasteiger partial charge in [0.25, 0.3) is 11.5 Å². The molecule has 1 fully saturated rings. The van der Waals surface area contributed by atoms with E-state index in [1.165, 1.54) is 34.4 Å². The largest absolute Gasteiger partial charge is 1.00 e. The summed E-state index contributed by atoms with van der Waals surface area (Å²) >= 11 is 0. The molecule has 2 aromatic heterocycles. The van der Waals surface area contributed by atoms with Gasteiger partial charge in [-0.15, -0.1) is 0 Å². The summed E-state index contributed by atoms with van der Waals surface area (Å²) in [7, 11) is 0. The maximum absolute atomic E-state index is 13.1. The van der Waals surface area contributed by atoms with E-state index < -0.39 is 0 Å². The van der Waals surface area contributed by atoms with Gasteiger partial charge >= 0.3 is 24.9 Å². The van der Waals surface area contributed by atoms with Crippen molar-refractivity contribution in [3.8, 4) is 0 Å². The minimum Gasteiger partial charge on any atom is -0.690 e. The number of likely N-dealkylation sites (tertiary alicyclic amines) is 1. The zero-order valence-corrected chi connectivity index (χ0v) is 25.8. The second-order valence-corrected chi connectivity index (χ2v) is 11.2. The fraction of sp³-hybridized carbons (Fsp3) is 0.333. The standard InChI is InChI=1S/C33H35N8O4.Li/c42-31(38-26-19-24-5-1-2-6-25(24)20-26)29-30(36-12-11-35-29)39-33(44)40-14-9-23(10-15-40)21-34-13-17-45-18-16-41-22-37-28-8-4-3-7-27(28)32(41)43;/h1-8,11-13,22-23,26,34H,9-10,14-16,18-21H2,(H,38,42)(H,36,39,44);/q-1;+1. The molecule has 3 heterocycles. The number of carbonyl (C=O) groups is 2. The summed E-state index contributed by atoms with van der Waals surface area (Å²) in [6.45, 7) is 2.54. The van der Waals surface area contributed by atoms with Gasteiger partial charge in [0.15, 0.2) is 11.5 Å². The van der Waals surface area contributed by atoms with Crippen LogP contribution in [0.3, 0.4) is 0 Å². The molecule has 13 heteroatoms. The molecule has 2 aliphatic rings. The van der Waals surface area contributed by atoms with Crippen molar-refractivity contribution in [1.29, 1.82) is 0 Å². The number of nitrogens with zero attached hydrogens (tertiary/aromatic N) is 5. The van der Waals surface area contributed by atoms with Gasteiger partial charge in [-0.1, -0.05) is 36.4 Å². The monoisotopic (exact) mass is 614 g/mol. The summed E-state index contributed by atoms with van der Waals surface area (Å²) in [5, 5.41) is 9.62. The molecule has 0 saturated carbocycles. The molecule has 0 unspecified atom stereocenters. The summed E-state index contributed by atoms with van der Waals surface area (Å²) in [6.07, 6.45) is 12.0. The van der Waals surface area contributed by atoms with Gasteiger partial charge in [-0.3, -0.25) is 25.7 Å². The summed E-state index contributed by atoms with van der Waals surface area (Å²) in [5.41, 5.74) is 3.15. The number of rotatable bonds is 10. The molecule has 4 aromatic rings. The molecule has 0 bridgehead atoms. The van der Waals surface area contributed by atoms with Crippen molar-refractivity contribution in [3.05, 3.63) is 107 Å². The number of fused-ring (bicyclic) bond motifs is 2. The number of carbonyl (C=O) groups excluding carboxylic acids is 2. The van der Waals surface area contributed by atoms with Crippen molar-refractivity contribution in [2.75, 3.05) is 31.6 Å². The van der Waals surface area contributed by atoms with Gasteiger partial charge in [0.05, 0.1) is 30.4 Å². The number of anilines is 1. The molecule has 1 saturated heterocycles. The molecule has 0 atom stereocenters. The number of aromatic nitrogens is 4. The molecule has 46 heavy (non-hydrogen) atoms. The van der Waals surface area contributed by atoms with E-state index in [4.69, 9.17) is 4.74 Å². The van der Waals surface area contributed by atoms with E-state index in [1.54, 1.807) is 17.2 Å². The van der Waals surface area contributed by atoms with Crippen LogP contribution < -0.4 is 40.4 Å². The Hall–Kier alpha value is -4.66. The predicted octanol–water partition coefficient (Wildman–Crippen LogP) is -0.0876. The molecule has 1 aliphatic heterocycles. The molecule has 0 spiro atoms. The number of ether oxygens (including phenoxy) is 1. The van der Waals surface area contributed by atoms with Crippen molar-refractivity contribution in [2.45, 2.75) is 38.3 Å². The van der Waals surface area contributed by atoms with Crippen LogP contribution in [0.25, 0.3) is 10.9 Å². The van der Waals surface area contributed by atoms with E-state index in [0.717, 1.165) is 32.2 Å².